The van der Waals surface area contributed by atoms with E-state index >= 15 is 0 Å². The molecule has 0 bridgehead atoms. The van der Waals surface area contributed by atoms with E-state index in [1.165, 1.54) is 0 Å². The predicted octanol–water partition coefficient (Wildman–Crippen LogP) is 2.06. The molecule has 0 aromatic carbocycles. The molecule has 2 heterocycles. The number of hydrogen-bond donors (Lipinski definition) is 1. The Morgan fingerprint density at radius 2 is 2.09 bits per heavy atom. The summed E-state index contributed by atoms with van der Waals surface area (Å²) >= 11 is 0. The maximum atomic E-state index is 11.7. The molecular weight excluding hydrogens is 284 g/mol. The number of aromatic nitrogens is 3. The Bertz CT molecular complexity index is 647. The van der Waals surface area contributed by atoms with Gasteiger partial charge in [-0.1, -0.05) is 23.7 Å². The molecule has 0 aliphatic heterocycles. The summed E-state index contributed by atoms with van der Waals surface area (Å²) in [5.74, 6) is 1.53. The first-order valence-corrected chi connectivity index (χ1v) is 7.85. The van der Waals surface area contributed by atoms with E-state index in [1.807, 2.05) is 0 Å². The first-order valence-electron chi connectivity index (χ1n) is 7.85. The third-order valence-corrected chi connectivity index (χ3v) is 3.79. The summed E-state index contributed by atoms with van der Waals surface area (Å²) in [6.07, 6.45) is 6.19. The number of aryl methyl sites for hydroxylation is 1. The molecular formula is C15H20N4O3. The van der Waals surface area contributed by atoms with Crippen LogP contribution in [0.2, 0.25) is 0 Å². The van der Waals surface area contributed by atoms with Gasteiger partial charge in [-0.3, -0.25) is 4.79 Å². The Kier molecular flexibility index (Phi) is 4.50. The highest BCUT2D eigenvalue weighted by molar-refractivity contribution is 5.77. The SMILES string of the molecule is CCCCNC(=O)Cc1noc(-c2noc3c2CCCC3)n1. The normalized spacial score (nSPS) is 13.9. The molecule has 2 aromatic rings. The zero-order valence-electron chi connectivity index (χ0n) is 12.7. The number of carbonyl (C=O) groups is 1. The molecule has 3 rings (SSSR count). The predicted molar refractivity (Wildman–Crippen MR) is 78.1 cm³/mol. The van der Waals surface area contributed by atoms with Gasteiger partial charge in [-0.2, -0.15) is 4.98 Å². The van der Waals surface area contributed by atoms with Gasteiger partial charge in [0, 0.05) is 18.5 Å². The molecule has 0 saturated carbocycles. The molecule has 0 spiro atoms. The van der Waals surface area contributed by atoms with Crippen molar-refractivity contribution >= 4 is 5.91 Å². The van der Waals surface area contributed by atoms with Crippen LogP contribution < -0.4 is 5.32 Å². The number of nitrogens with one attached hydrogen (secondary N) is 1. The van der Waals surface area contributed by atoms with Crippen molar-refractivity contribution in [3.63, 3.8) is 0 Å². The van der Waals surface area contributed by atoms with Crippen LogP contribution in [0, 0.1) is 0 Å². The van der Waals surface area contributed by atoms with Crippen molar-refractivity contribution in [1.82, 2.24) is 20.6 Å². The van der Waals surface area contributed by atoms with E-state index in [0.717, 1.165) is 49.8 Å². The van der Waals surface area contributed by atoms with Crippen LogP contribution in [-0.4, -0.2) is 27.7 Å². The molecule has 0 radical (unpaired) electrons. The number of carbonyl (C=O) groups excluding carboxylic acids is 1. The van der Waals surface area contributed by atoms with Gasteiger partial charge in [-0.25, -0.2) is 0 Å². The number of unbranched alkanes of at least 4 members (excludes halogenated alkanes) is 1. The number of nitrogens with zero attached hydrogens (tertiary/aromatic N) is 3. The molecule has 1 amide bonds. The second kappa shape index (κ2) is 6.72. The van der Waals surface area contributed by atoms with E-state index in [-0.39, 0.29) is 12.3 Å². The Labute approximate surface area is 128 Å². The summed E-state index contributed by atoms with van der Waals surface area (Å²) in [7, 11) is 0. The van der Waals surface area contributed by atoms with Crippen molar-refractivity contribution in [2.75, 3.05) is 6.54 Å². The lowest BCUT2D eigenvalue weighted by Gasteiger charge is -2.07. The van der Waals surface area contributed by atoms with Crippen molar-refractivity contribution in [3.05, 3.63) is 17.1 Å². The maximum absolute atomic E-state index is 11.7. The van der Waals surface area contributed by atoms with E-state index < -0.39 is 0 Å². The smallest absolute Gasteiger partial charge is 0.280 e. The van der Waals surface area contributed by atoms with Crippen LogP contribution in [0.25, 0.3) is 11.6 Å². The largest absolute Gasteiger partial charge is 0.360 e. The lowest BCUT2D eigenvalue weighted by Crippen LogP contribution is -2.26. The Morgan fingerprint density at radius 3 is 2.95 bits per heavy atom. The quantitative estimate of drug-likeness (QED) is 0.821. The minimum absolute atomic E-state index is 0.0945. The van der Waals surface area contributed by atoms with E-state index in [9.17, 15) is 4.79 Å². The fraction of sp³-hybridized carbons (Fsp3) is 0.600. The van der Waals surface area contributed by atoms with Gasteiger partial charge >= 0.3 is 0 Å². The van der Waals surface area contributed by atoms with Crippen LogP contribution >= 0.6 is 0 Å². The summed E-state index contributed by atoms with van der Waals surface area (Å²) in [4.78, 5) is 16.0. The van der Waals surface area contributed by atoms with Gasteiger partial charge in [-0.15, -0.1) is 0 Å². The van der Waals surface area contributed by atoms with Crippen LogP contribution in [-0.2, 0) is 24.1 Å². The highest BCUT2D eigenvalue weighted by Gasteiger charge is 2.24. The molecule has 0 unspecified atom stereocenters. The van der Waals surface area contributed by atoms with Gasteiger partial charge in [-0.05, 0) is 25.7 Å². The summed E-state index contributed by atoms with van der Waals surface area (Å²) < 4.78 is 10.6. The molecule has 1 aliphatic rings. The van der Waals surface area contributed by atoms with Crippen molar-refractivity contribution in [1.29, 1.82) is 0 Å². The van der Waals surface area contributed by atoms with Crippen LogP contribution in [0.15, 0.2) is 9.05 Å². The summed E-state index contributed by atoms with van der Waals surface area (Å²) in [5.41, 5.74) is 1.69. The Morgan fingerprint density at radius 1 is 1.23 bits per heavy atom. The van der Waals surface area contributed by atoms with Gasteiger partial charge in [0.2, 0.25) is 5.91 Å². The van der Waals surface area contributed by atoms with Crippen molar-refractivity contribution in [2.45, 2.75) is 51.9 Å². The van der Waals surface area contributed by atoms with E-state index in [1.54, 1.807) is 0 Å². The fourth-order valence-corrected chi connectivity index (χ4v) is 2.59. The number of fused-ring (bicyclic) bond motifs is 1. The third kappa shape index (κ3) is 3.18. The zero-order valence-corrected chi connectivity index (χ0v) is 12.7. The number of amides is 1. The summed E-state index contributed by atoms with van der Waals surface area (Å²) in [6.45, 7) is 2.76. The number of hydrogen-bond acceptors (Lipinski definition) is 6. The molecule has 1 aliphatic carbocycles. The van der Waals surface area contributed by atoms with Gasteiger partial charge in [0.25, 0.3) is 5.89 Å². The van der Waals surface area contributed by atoms with Gasteiger partial charge in [0.1, 0.15) is 5.76 Å². The first-order chi connectivity index (χ1) is 10.8. The second-order valence-electron chi connectivity index (χ2n) is 5.54. The minimum atomic E-state index is -0.0945. The lowest BCUT2D eigenvalue weighted by atomic mass is 9.96. The van der Waals surface area contributed by atoms with Crippen LogP contribution in [0.3, 0.4) is 0 Å². The highest BCUT2D eigenvalue weighted by Crippen LogP contribution is 2.30. The van der Waals surface area contributed by atoms with Crippen LogP contribution in [0.1, 0.15) is 49.8 Å². The van der Waals surface area contributed by atoms with Gasteiger partial charge in [0.15, 0.2) is 11.5 Å². The van der Waals surface area contributed by atoms with Crippen molar-refractivity contribution < 1.29 is 13.8 Å². The lowest BCUT2D eigenvalue weighted by molar-refractivity contribution is -0.120. The van der Waals surface area contributed by atoms with E-state index in [2.05, 4.69) is 27.5 Å². The topological polar surface area (TPSA) is 94.1 Å². The molecule has 1 N–H and O–H groups in total. The average Bonchev–Trinajstić information content (AvgIpc) is 3.13. The van der Waals surface area contributed by atoms with Crippen LogP contribution in [0.5, 0.6) is 0 Å². The third-order valence-electron chi connectivity index (χ3n) is 3.79. The molecule has 22 heavy (non-hydrogen) atoms. The molecule has 0 fully saturated rings. The van der Waals surface area contributed by atoms with Crippen LogP contribution in [0.4, 0.5) is 0 Å². The minimum Gasteiger partial charge on any atom is -0.360 e. The molecule has 7 heteroatoms. The first kappa shape index (κ1) is 14.7. The van der Waals surface area contributed by atoms with Crippen molar-refractivity contribution in [3.8, 4) is 11.6 Å². The number of rotatable bonds is 6. The molecule has 0 saturated heterocycles. The Hall–Kier alpha value is -2.18. The monoisotopic (exact) mass is 304 g/mol. The fourth-order valence-electron chi connectivity index (χ4n) is 2.59. The van der Waals surface area contributed by atoms with Crippen molar-refractivity contribution in [2.24, 2.45) is 0 Å². The molecule has 2 aromatic heterocycles. The summed E-state index contributed by atoms with van der Waals surface area (Å²) in [6, 6.07) is 0. The van der Waals surface area contributed by atoms with Gasteiger partial charge < -0.3 is 14.4 Å². The Balaban J connectivity index is 1.66. The maximum Gasteiger partial charge on any atom is 0.280 e. The van der Waals surface area contributed by atoms with E-state index in [0.29, 0.717) is 24.0 Å². The highest BCUT2D eigenvalue weighted by atomic mass is 16.5. The van der Waals surface area contributed by atoms with Gasteiger partial charge in [0.05, 0.1) is 6.42 Å². The standard InChI is InChI=1S/C15H20N4O3/c1-2-3-8-16-13(20)9-12-17-15(22-18-12)14-10-6-4-5-7-11(10)21-19-14/h2-9H2,1H3,(H,16,20). The molecule has 7 nitrogen and oxygen atoms in total. The average molecular weight is 304 g/mol. The summed E-state index contributed by atoms with van der Waals surface area (Å²) in [5, 5.41) is 10.7. The second-order valence-corrected chi connectivity index (χ2v) is 5.54. The molecule has 118 valence electrons. The zero-order chi connectivity index (χ0) is 15.4. The molecule has 0 atom stereocenters. The van der Waals surface area contributed by atoms with E-state index in [4.69, 9.17) is 9.05 Å².